The Bertz CT molecular complexity index is 593. The molecule has 1 aliphatic heterocycles. The highest BCUT2D eigenvalue weighted by molar-refractivity contribution is 5.87. The molecule has 5 heteroatoms. The smallest absolute Gasteiger partial charge is 0.416 e. The van der Waals surface area contributed by atoms with Crippen molar-refractivity contribution in [3.63, 3.8) is 0 Å². The van der Waals surface area contributed by atoms with Crippen LogP contribution in [0.3, 0.4) is 0 Å². The third kappa shape index (κ3) is 6.20. The van der Waals surface area contributed by atoms with E-state index in [-0.39, 0.29) is 12.1 Å². The van der Waals surface area contributed by atoms with Gasteiger partial charge in [0.2, 0.25) is 0 Å². The Kier molecular flexibility index (Phi) is 7.66. The Morgan fingerprint density at radius 3 is 2.63 bits per heavy atom. The molecule has 0 spiro atoms. The average molecular weight is 376 g/mol. The summed E-state index contributed by atoms with van der Waals surface area (Å²) in [7, 11) is 0. The molecule has 0 aromatic carbocycles. The van der Waals surface area contributed by atoms with Crippen LogP contribution in [0.1, 0.15) is 85.3 Å². The van der Waals surface area contributed by atoms with Crippen LogP contribution in [0, 0.1) is 0 Å². The molecular weight excluding hydrogens is 338 g/mol. The highest BCUT2D eigenvalue weighted by Crippen LogP contribution is 2.31. The summed E-state index contributed by atoms with van der Waals surface area (Å²) in [5, 5.41) is 0. The first-order chi connectivity index (χ1) is 12.7. The number of nitrogens with zero attached hydrogens (tertiary/aromatic N) is 3. The lowest BCUT2D eigenvalue weighted by atomic mass is 9.96. The number of hydrogen-bond donors (Lipinski definition) is 0. The van der Waals surface area contributed by atoms with Gasteiger partial charge in [0.05, 0.1) is 0 Å². The lowest BCUT2D eigenvalue weighted by Gasteiger charge is -2.36. The quantitative estimate of drug-likeness (QED) is 0.653. The summed E-state index contributed by atoms with van der Waals surface area (Å²) in [5.74, 6) is 0.652. The van der Waals surface area contributed by atoms with E-state index < -0.39 is 5.60 Å². The fraction of sp³-hybridized carbons (Fsp3) is 0.727. The normalized spacial score (nSPS) is 18.6. The zero-order chi connectivity index (χ0) is 20.0. The topological polar surface area (TPSA) is 45.7 Å². The van der Waals surface area contributed by atoms with Crippen LogP contribution in [0.5, 0.6) is 0 Å². The Balaban J connectivity index is 2.17. The van der Waals surface area contributed by atoms with Crippen molar-refractivity contribution < 1.29 is 9.53 Å². The van der Waals surface area contributed by atoms with Gasteiger partial charge in [-0.15, -0.1) is 0 Å². The van der Waals surface area contributed by atoms with Crippen LogP contribution in [-0.4, -0.2) is 40.7 Å². The van der Waals surface area contributed by atoms with Gasteiger partial charge in [-0.3, -0.25) is 9.80 Å². The summed E-state index contributed by atoms with van der Waals surface area (Å²) >= 11 is 0. The van der Waals surface area contributed by atoms with E-state index in [4.69, 9.17) is 4.74 Å². The molecule has 1 atom stereocenters. The number of amides is 1. The van der Waals surface area contributed by atoms with E-state index in [0.717, 1.165) is 6.54 Å². The van der Waals surface area contributed by atoms with Crippen LogP contribution in [-0.2, 0) is 4.74 Å². The van der Waals surface area contributed by atoms with Crippen LogP contribution in [0.15, 0.2) is 18.3 Å². The molecule has 1 aromatic heterocycles. The highest BCUT2D eigenvalue weighted by Gasteiger charge is 2.28. The van der Waals surface area contributed by atoms with Crippen molar-refractivity contribution >= 4 is 11.9 Å². The molecule has 1 unspecified atom stereocenters. The minimum atomic E-state index is -0.522. The number of rotatable bonds is 6. The van der Waals surface area contributed by atoms with Gasteiger partial charge in [-0.05, 0) is 78.6 Å². The lowest BCUT2D eigenvalue weighted by molar-refractivity contribution is 0.0569. The van der Waals surface area contributed by atoms with E-state index >= 15 is 0 Å². The van der Waals surface area contributed by atoms with Gasteiger partial charge in [0.15, 0.2) is 0 Å². The van der Waals surface area contributed by atoms with Gasteiger partial charge in [-0.25, -0.2) is 9.78 Å². The second-order valence-corrected chi connectivity index (χ2v) is 8.79. The molecule has 0 bridgehead atoms. The minimum Gasteiger partial charge on any atom is -0.443 e. The number of ether oxygens (including phenoxy) is 1. The van der Waals surface area contributed by atoms with Crippen molar-refractivity contribution in [1.29, 1.82) is 0 Å². The molecule has 0 aliphatic carbocycles. The van der Waals surface area contributed by atoms with E-state index in [0.29, 0.717) is 11.9 Å². The molecule has 152 valence electrons. The van der Waals surface area contributed by atoms with E-state index in [2.05, 4.69) is 22.9 Å². The molecule has 27 heavy (non-hydrogen) atoms. The summed E-state index contributed by atoms with van der Waals surface area (Å²) in [6.07, 6.45) is 7.80. The van der Waals surface area contributed by atoms with E-state index in [1.54, 1.807) is 4.90 Å². The third-order valence-electron chi connectivity index (χ3n) is 4.92. The molecule has 1 amide bonds. The average Bonchev–Trinajstić information content (AvgIpc) is 2.59. The second kappa shape index (κ2) is 9.54. The molecule has 5 nitrogen and oxygen atoms in total. The molecular formula is C22H37N3O2. The molecule has 1 aromatic rings. The fourth-order valence-electron chi connectivity index (χ4n) is 3.61. The number of aromatic nitrogens is 1. The van der Waals surface area contributed by atoms with Crippen LogP contribution >= 0.6 is 0 Å². The van der Waals surface area contributed by atoms with Crippen molar-refractivity contribution in [1.82, 2.24) is 9.88 Å². The summed E-state index contributed by atoms with van der Waals surface area (Å²) in [4.78, 5) is 21.5. The van der Waals surface area contributed by atoms with E-state index in [9.17, 15) is 4.79 Å². The largest absolute Gasteiger partial charge is 0.443 e. The highest BCUT2D eigenvalue weighted by atomic mass is 16.6. The molecule has 0 saturated carbocycles. The van der Waals surface area contributed by atoms with Crippen LogP contribution in [0.25, 0.3) is 0 Å². The maximum absolute atomic E-state index is 12.6. The third-order valence-corrected chi connectivity index (χ3v) is 4.92. The van der Waals surface area contributed by atoms with Gasteiger partial charge in [0, 0.05) is 18.3 Å². The Labute approximate surface area is 165 Å². The first-order valence-corrected chi connectivity index (χ1v) is 10.4. The van der Waals surface area contributed by atoms with E-state index in [1.165, 1.54) is 44.2 Å². The first kappa shape index (κ1) is 21.7. The van der Waals surface area contributed by atoms with Crippen LogP contribution in [0.2, 0.25) is 0 Å². The molecule has 2 rings (SSSR count). The molecule has 0 N–H and O–H groups in total. The Morgan fingerprint density at radius 2 is 2.07 bits per heavy atom. The van der Waals surface area contributed by atoms with Gasteiger partial charge in [-0.2, -0.15) is 0 Å². The zero-order valence-corrected chi connectivity index (χ0v) is 18.0. The van der Waals surface area contributed by atoms with Crippen molar-refractivity contribution in [2.45, 2.75) is 91.3 Å². The summed E-state index contributed by atoms with van der Waals surface area (Å²) < 4.78 is 5.56. The number of likely N-dealkylation sites (tertiary alicyclic amines) is 1. The van der Waals surface area contributed by atoms with Crippen molar-refractivity contribution in [2.24, 2.45) is 0 Å². The number of carbonyl (C=O) groups excluding carboxylic acids is 1. The van der Waals surface area contributed by atoms with Crippen molar-refractivity contribution in [3.8, 4) is 0 Å². The minimum absolute atomic E-state index is 0.0195. The maximum Gasteiger partial charge on any atom is 0.416 e. The fourth-order valence-corrected chi connectivity index (χ4v) is 3.61. The van der Waals surface area contributed by atoms with Crippen LogP contribution in [0.4, 0.5) is 10.6 Å². The van der Waals surface area contributed by atoms with Crippen molar-refractivity contribution in [3.05, 3.63) is 23.9 Å². The molecule has 0 radical (unpaired) electrons. The monoisotopic (exact) mass is 375 g/mol. The first-order valence-electron chi connectivity index (χ1n) is 10.4. The summed E-state index contributed by atoms with van der Waals surface area (Å²) in [6, 6.07) is 4.53. The molecule has 1 saturated heterocycles. The number of unbranched alkanes of at least 4 members (excludes halogenated alkanes) is 1. The number of carbonyl (C=O) groups is 1. The van der Waals surface area contributed by atoms with Crippen molar-refractivity contribution in [2.75, 3.05) is 18.0 Å². The Morgan fingerprint density at radius 1 is 1.33 bits per heavy atom. The van der Waals surface area contributed by atoms with E-state index in [1.807, 2.05) is 46.9 Å². The summed E-state index contributed by atoms with van der Waals surface area (Å²) in [5.41, 5.74) is 0.730. The molecule has 2 heterocycles. The summed E-state index contributed by atoms with van der Waals surface area (Å²) in [6.45, 7) is 14.2. The number of pyridine rings is 1. The van der Waals surface area contributed by atoms with Gasteiger partial charge in [0.1, 0.15) is 11.4 Å². The van der Waals surface area contributed by atoms with Gasteiger partial charge in [0.25, 0.3) is 0 Å². The number of anilines is 1. The standard InChI is InChI=1S/C22H37N3O2/c1-7-8-14-24-15-10-9-11-19(24)18-12-13-20(23-16-18)25(17(2)3)21(26)27-22(4,5)6/h12-13,16-17,19H,7-11,14-15H2,1-6H3. The number of hydrogen-bond acceptors (Lipinski definition) is 4. The predicted octanol–water partition coefficient (Wildman–Crippen LogP) is 5.56. The van der Waals surface area contributed by atoms with Crippen LogP contribution < -0.4 is 4.90 Å². The lowest BCUT2D eigenvalue weighted by Crippen LogP contribution is -2.41. The zero-order valence-electron chi connectivity index (χ0n) is 18.0. The molecule has 1 aliphatic rings. The predicted molar refractivity (Wildman–Crippen MR) is 111 cm³/mol. The number of piperidine rings is 1. The van der Waals surface area contributed by atoms with Gasteiger partial charge < -0.3 is 4.74 Å². The SMILES string of the molecule is CCCCN1CCCCC1c1ccc(N(C(=O)OC(C)(C)C)C(C)C)nc1. The van der Waals surface area contributed by atoms with Gasteiger partial charge >= 0.3 is 6.09 Å². The maximum atomic E-state index is 12.6. The molecule has 1 fully saturated rings. The Hall–Kier alpha value is -1.62. The second-order valence-electron chi connectivity index (χ2n) is 8.79. The van der Waals surface area contributed by atoms with Gasteiger partial charge in [-0.1, -0.05) is 25.8 Å².